The zero-order valence-electron chi connectivity index (χ0n) is 20.5. The molecule has 3 fully saturated rings. The van der Waals surface area contributed by atoms with Crippen LogP contribution in [0.1, 0.15) is 73.1 Å². The molecule has 36 heavy (non-hydrogen) atoms. The molecule has 7 rings (SSSR count). The van der Waals surface area contributed by atoms with Crippen molar-refractivity contribution in [3.05, 3.63) is 82.9 Å². The number of anilines is 3. The first kappa shape index (κ1) is 22.8. The molecule has 1 unspecified atom stereocenters. The molecule has 2 heterocycles. The third-order valence-electron chi connectivity index (χ3n) is 8.80. The normalized spacial score (nSPS) is 24.9. The van der Waals surface area contributed by atoms with Gasteiger partial charge in [0, 0.05) is 11.5 Å². The zero-order chi connectivity index (χ0) is 24.6. The highest BCUT2D eigenvalue weighted by Crippen LogP contribution is 2.53. The van der Waals surface area contributed by atoms with Gasteiger partial charge >= 0.3 is 0 Å². The minimum Gasteiger partial charge on any atom is -0.384 e. The molecule has 3 aromatic rings. The van der Waals surface area contributed by atoms with Gasteiger partial charge in [-0.25, -0.2) is 4.98 Å². The van der Waals surface area contributed by atoms with E-state index in [-0.39, 0.29) is 11.5 Å². The van der Waals surface area contributed by atoms with Gasteiger partial charge in [-0.2, -0.15) is 5.26 Å². The lowest BCUT2D eigenvalue weighted by Crippen LogP contribution is -2.56. The third kappa shape index (κ3) is 4.06. The van der Waals surface area contributed by atoms with Crippen LogP contribution in [0.15, 0.2) is 60.7 Å². The van der Waals surface area contributed by atoms with E-state index in [9.17, 15) is 5.26 Å². The summed E-state index contributed by atoms with van der Waals surface area (Å²) in [5.74, 6) is 1.26. The molecule has 1 aromatic heterocycles. The van der Waals surface area contributed by atoms with Gasteiger partial charge in [-0.05, 0) is 91.8 Å². The molecule has 2 bridgehead atoms. The molecule has 184 valence electrons. The second-order valence-electron chi connectivity index (χ2n) is 10.7. The number of nitrogens with two attached hydrogens (primary N) is 1. The van der Waals surface area contributed by atoms with Crippen molar-refractivity contribution in [3.63, 3.8) is 0 Å². The molecule has 4 aliphatic rings. The van der Waals surface area contributed by atoms with Crippen molar-refractivity contribution in [1.82, 2.24) is 15.8 Å². The molecule has 1 atom stereocenters. The predicted octanol–water partition coefficient (Wildman–Crippen LogP) is 4.95. The fraction of sp³-hybridized carbons (Fsp3) is 0.379. The first-order valence-electron chi connectivity index (χ1n) is 13.0. The molecule has 7 nitrogen and oxygen atoms in total. The summed E-state index contributed by atoms with van der Waals surface area (Å²) in [5.41, 5.74) is 21.3. The van der Waals surface area contributed by atoms with Crippen molar-refractivity contribution in [2.24, 2.45) is 0 Å². The van der Waals surface area contributed by atoms with Crippen LogP contribution in [0.4, 0.5) is 17.3 Å². The molecule has 1 aliphatic heterocycles. The number of nitrogens with zero attached hydrogens (tertiary/aromatic N) is 2. The second kappa shape index (κ2) is 9.12. The fourth-order valence-electron chi connectivity index (χ4n) is 6.72. The SMILES string of the molecule is N#Cc1cccc(C(CCNC23CCC(c4ccccc4)(CC2)CC3)c2cc(N)nc3c2NNN3)c1. The molecular formula is C29H33N7. The summed E-state index contributed by atoms with van der Waals surface area (Å²) in [5, 5.41) is 13.5. The number of benzene rings is 2. The molecule has 7 heteroatoms. The van der Waals surface area contributed by atoms with E-state index in [1.54, 1.807) is 0 Å². The number of hydrogen-bond acceptors (Lipinski definition) is 7. The number of fused-ring (bicyclic) bond motifs is 4. The van der Waals surface area contributed by atoms with Gasteiger partial charge < -0.3 is 16.5 Å². The van der Waals surface area contributed by atoms with Crippen molar-refractivity contribution in [2.45, 2.75) is 61.8 Å². The Balaban J connectivity index is 1.21. The maximum Gasteiger partial charge on any atom is 0.169 e. The summed E-state index contributed by atoms with van der Waals surface area (Å²) in [4.78, 5) is 4.41. The van der Waals surface area contributed by atoms with Crippen LogP contribution in [0.5, 0.6) is 0 Å². The first-order valence-corrected chi connectivity index (χ1v) is 13.0. The average molecular weight is 480 g/mol. The maximum absolute atomic E-state index is 9.51. The Hall–Kier alpha value is -3.60. The van der Waals surface area contributed by atoms with Crippen LogP contribution in [-0.2, 0) is 5.41 Å². The predicted molar refractivity (Wildman–Crippen MR) is 143 cm³/mol. The van der Waals surface area contributed by atoms with Gasteiger partial charge in [0.15, 0.2) is 5.82 Å². The molecule has 0 spiro atoms. The number of hydrogen-bond donors (Lipinski definition) is 5. The highest BCUT2D eigenvalue weighted by molar-refractivity contribution is 5.75. The highest BCUT2D eigenvalue weighted by atomic mass is 15.6. The number of nitriles is 1. The second-order valence-corrected chi connectivity index (χ2v) is 10.7. The van der Waals surface area contributed by atoms with Crippen LogP contribution in [0.25, 0.3) is 0 Å². The molecule has 2 aromatic carbocycles. The number of nitrogen functional groups attached to an aromatic ring is 1. The van der Waals surface area contributed by atoms with E-state index in [2.05, 4.69) is 69.2 Å². The van der Waals surface area contributed by atoms with Crippen molar-refractivity contribution >= 4 is 17.3 Å². The van der Waals surface area contributed by atoms with Gasteiger partial charge in [-0.3, -0.25) is 5.43 Å². The van der Waals surface area contributed by atoms with Gasteiger partial charge in [0.1, 0.15) is 5.82 Å². The molecule has 0 radical (unpaired) electrons. The zero-order valence-corrected chi connectivity index (χ0v) is 20.5. The van der Waals surface area contributed by atoms with Crippen LogP contribution in [0.2, 0.25) is 0 Å². The molecular weight excluding hydrogens is 446 g/mol. The van der Waals surface area contributed by atoms with Crippen LogP contribution >= 0.6 is 0 Å². The van der Waals surface area contributed by atoms with E-state index in [0.29, 0.717) is 22.6 Å². The summed E-state index contributed by atoms with van der Waals surface area (Å²) in [6.45, 7) is 0.900. The third-order valence-corrected chi connectivity index (χ3v) is 8.80. The standard InChI is InChI=1S/C29H33N7/c30-19-20-5-4-6-21(17-20)23(24-18-25(31)33-27-26(24)34-36-35-27)9-16-32-29-13-10-28(11-14-29,12-15-29)22-7-2-1-3-8-22/h1-8,17-18,23,32,34,36H,9-16H2,(H3,31,33,35). The summed E-state index contributed by atoms with van der Waals surface area (Å²) >= 11 is 0. The van der Waals surface area contributed by atoms with Crippen LogP contribution < -0.4 is 27.4 Å². The summed E-state index contributed by atoms with van der Waals surface area (Å²) in [7, 11) is 0. The Kier molecular flexibility index (Phi) is 5.79. The molecule has 0 amide bonds. The minimum atomic E-state index is 0.0750. The number of nitrogens with one attached hydrogen (secondary N) is 4. The van der Waals surface area contributed by atoms with Gasteiger partial charge in [0.25, 0.3) is 0 Å². The number of rotatable bonds is 7. The van der Waals surface area contributed by atoms with Crippen LogP contribution in [0, 0.1) is 11.3 Å². The summed E-state index contributed by atoms with van der Waals surface area (Å²) < 4.78 is 0. The van der Waals surface area contributed by atoms with E-state index in [4.69, 9.17) is 5.73 Å². The smallest absolute Gasteiger partial charge is 0.169 e. The lowest BCUT2D eigenvalue weighted by atomic mass is 9.55. The van der Waals surface area contributed by atoms with Gasteiger partial charge in [-0.15, -0.1) is 5.53 Å². The number of hydrazine groups is 2. The number of pyridine rings is 1. The Bertz CT molecular complexity index is 1270. The topological polar surface area (TPSA) is 111 Å². The van der Waals surface area contributed by atoms with E-state index in [0.717, 1.165) is 29.8 Å². The van der Waals surface area contributed by atoms with E-state index < -0.39 is 0 Å². The van der Waals surface area contributed by atoms with E-state index in [1.807, 2.05) is 24.3 Å². The van der Waals surface area contributed by atoms with Gasteiger partial charge in [0.2, 0.25) is 0 Å². The lowest BCUT2D eigenvalue weighted by molar-refractivity contribution is 0.0770. The van der Waals surface area contributed by atoms with Gasteiger partial charge in [-0.1, -0.05) is 42.5 Å². The fourth-order valence-corrected chi connectivity index (χ4v) is 6.72. The Morgan fingerprint density at radius 2 is 1.75 bits per heavy atom. The Morgan fingerprint density at radius 1 is 0.972 bits per heavy atom. The van der Waals surface area contributed by atoms with Crippen LogP contribution in [0.3, 0.4) is 0 Å². The van der Waals surface area contributed by atoms with Crippen molar-refractivity contribution in [1.29, 1.82) is 5.26 Å². The van der Waals surface area contributed by atoms with Crippen LogP contribution in [-0.4, -0.2) is 17.1 Å². The van der Waals surface area contributed by atoms with E-state index in [1.165, 1.54) is 44.1 Å². The Morgan fingerprint density at radius 3 is 2.50 bits per heavy atom. The molecule has 6 N–H and O–H groups in total. The van der Waals surface area contributed by atoms with Crippen molar-refractivity contribution in [2.75, 3.05) is 23.1 Å². The summed E-state index contributed by atoms with van der Waals surface area (Å²) in [6, 6.07) is 23.3. The lowest BCUT2D eigenvalue weighted by Gasteiger charge is -2.54. The number of aromatic nitrogens is 1. The van der Waals surface area contributed by atoms with Crippen molar-refractivity contribution in [3.8, 4) is 6.07 Å². The quantitative estimate of drug-likeness (QED) is 0.326. The summed E-state index contributed by atoms with van der Waals surface area (Å²) in [6.07, 6.45) is 8.35. The molecule has 3 saturated carbocycles. The monoisotopic (exact) mass is 479 g/mol. The van der Waals surface area contributed by atoms with Crippen molar-refractivity contribution < 1.29 is 0 Å². The minimum absolute atomic E-state index is 0.0750. The first-order chi connectivity index (χ1) is 17.6. The molecule has 0 saturated heterocycles. The molecule has 3 aliphatic carbocycles. The largest absolute Gasteiger partial charge is 0.384 e. The Labute approximate surface area is 212 Å². The average Bonchev–Trinajstić information content (AvgIpc) is 3.41. The van der Waals surface area contributed by atoms with E-state index >= 15 is 0 Å². The van der Waals surface area contributed by atoms with Gasteiger partial charge in [0.05, 0.1) is 17.3 Å². The maximum atomic E-state index is 9.51. The highest BCUT2D eigenvalue weighted by Gasteiger charge is 2.48.